The molecule has 0 bridgehead atoms. The number of halogens is 2. The highest BCUT2D eigenvalue weighted by molar-refractivity contribution is 6.35. The first kappa shape index (κ1) is 13.1. The predicted octanol–water partition coefficient (Wildman–Crippen LogP) is 3.48. The fraction of sp³-hybridized carbons (Fsp3) is 0.167. The quantitative estimate of drug-likeness (QED) is 0.820. The van der Waals surface area contributed by atoms with Crippen LogP contribution in [-0.4, -0.2) is 17.3 Å². The molecule has 0 fully saturated rings. The molecule has 1 aromatic carbocycles. The van der Waals surface area contributed by atoms with Gasteiger partial charge in [0.2, 0.25) is 0 Å². The lowest BCUT2D eigenvalue weighted by Gasteiger charge is -2.20. The highest BCUT2D eigenvalue weighted by atomic mass is 35.5. The number of benzene rings is 1. The van der Waals surface area contributed by atoms with Gasteiger partial charge >= 0.3 is 0 Å². The van der Waals surface area contributed by atoms with Gasteiger partial charge in [0.05, 0.1) is 5.02 Å². The van der Waals surface area contributed by atoms with E-state index in [1.165, 1.54) is 12.2 Å². The fourth-order valence-corrected chi connectivity index (χ4v) is 1.45. The van der Waals surface area contributed by atoms with Gasteiger partial charge in [-0.05, 0) is 18.2 Å². The van der Waals surface area contributed by atoms with E-state index in [0.717, 1.165) is 0 Å². The maximum Gasteiger partial charge on any atom is 0.138 e. The van der Waals surface area contributed by atoms with Crippen molar-refractivity contribution in [2.45, 2.75) is 5.60 Å². The van der Waals surface area contributed by atoms with Crippen LogP contribution in [0.2, 0.25) is 10.0 Å². The first-order valence-electron chi connectivity index (χ1n) is 4.58. The van der Waals surface area contributed by atoms with E-state index in [1.54, 1.807) is 18.2 Å². The monoisotopic (exact) mass is 258 g/mol. The van der Waals surface area contributed by atoms with Crippen molar-refractivity contribution in [2.24, 2.45) is 0 Å². The summed E-state index contributed by atoms with van der Waals surface area (Å²) < 4.78 is 5.36. The van der Waals surface area contributed by atoms with Crippen LogP contribution in [0.3, 0.4) is 0 Å². The van der Waals surface area contributed by atoms with Crippen molar-refractivity contribution in [3.8, 4) is 5.75 Å². The van der Waals surface area contributed by atoms with Gasteiger partial charge in [0.1, 0.15) is 18.0 Å². The minimum atomic E-state index is -1.26. The number of hydrogen-bond acceptors (Lipinski definition) is 2. The normalized spacial score (nSPS) is 10.9. The number of aliphatic hydroxyl groups is 1. The topological polar surface area (TPSA) is 29.5 Å². The third kappa shape index (κ3) is 3.27. The lowest BCUT2D eigenvalue weighted by molar-refractivity contribution is 0.0802. The Labute approximate surface area is 105 Å². The Morgan fingerprint density at radius 2 is 1.94 bits per heavy atom. The average Bonchev–Trinajstić information content (AvgIpc) is 2.27. The van der Waals surface area contributed by atoms with E-state index < -0.39 is 5.60 Å². The predicted molar refractivity (Wildman–Crippen MR) is 67.3 cm³/mol. The van der Waals surface area contributed by atoms with Crippen LogP contribution in [0.1, 0.15) is 0 Å². The summed E-state index contributed by atoms with van der Waals surface area (Å²) in [6.45, 7) is 7.00. The third-order valence-electron chi connectivity index (χ3n) is 2.06. The zero-order valence-corrected chi connectivity index (χ0v) is 10.1. The van der Waals surface area contributed by atoms with Crippen molar-refractivity contribution >= 4 is 23.2 Å². The van der Waals surface area contributed by atoms with E-state index in [2.05, 4.69) is 13.2 Å². The van der Waals surface area contributed by atoms with Crippen LogP contribution >= 0.6 is 23.2 Å². The second kappa shape index (κ2) is 5.39. The van der Waals surface area contributed by atoms with Gasteiger partial charge in [-0.3, -0.25) is 0 Å². The second-order valence-electron chi connectivity index (χ2n) is 3.26. The molecule has 0 aliphatic rings. The molecule has 0 atom stereocenters. The van der Waals surface area contributed by atoms with Crippen molar-refractivity contribution in [3.63, 3.8) is 0 Å². The lowest BCUT2D eigenvalue weighted by atomic mass is 10.1. The molecule has 0 aromatic heterocycles. The molecule has 16 heavy (non-hydrogen) atoms. The van der Waals surface area contributed by atoms with Gasteiger partial charge in [-0.25, -0.2) is 0 Å². The molecule has 4 heteroatoms. The van der Waals surface area contributed by atoms with Crippen LogP contribution < -0.4 is 4.74 Å². The summed E-state index contributed by atoms with van der Waals surface area (Å²) in [5.41, 5.74) is -1.26. The zero-order valence-electron chi connectivity index (χ0n) is 8.62. The zero-order chi connectivity index (χ0) is 12.2. The third-order valence-corrected chi connectivity index (χ3v) is 2.59. The van der Waals surface area contributed by atoms with Crippen LogP contribution in [-0.2, 0) is 0 Å². The summed E-state index contributed by atoms with van der Waals surface area (Å²) in [7, 11) is 0. The Bertz CT molecular complexity index is 394. The molecule has 1 aromatic rings. The van der Waals surface area contributed by atoms with Crippen molar-refractivity contribution in [1.82, 2.24) is 0 Å². The standard InChI is InChI=1S/C12H12Cl2O2/c1-3-12(15,4-2)8-16-11-6-5-9(13)7-10(11)14/h3-7,15H,1-2,8H2. The molecule has 0 aliphatic heterocycles. The molecule has 2 nitrogen and oxygen atoms in total. The maximum absolute atomic E-state index is 9.81. The molecule has 1 N–H and O–H groups in total. The van der Waals surface area contributed by atoms with Crippen molar-refractivity contribution in [1.29, 1.82) is 0 Å². The van der Waals surface area contributed by atoms with E-state index >= 15 is 0 Å². The summed E-state index contributed by atoms with van der Waals surface area (Å²) in [5.74, 6) is 0.452. The molecular weight excluding hydrogens is 247 g/mol. The maximum atomic E-state index is 9.81. The molecule has 0 amide bonds. The average molecular weight is 259 g/mol. The molecule has 0 heterocycles. The highest BCUT2D eigenvalue weighted by Gasteiger charge is 2.19. The van der Waals surface area contributed by atoms with E-state index in [9.17, 15) is 5.11 Å². The van der Waals surface area contributed by atoms with Crippen molar-refractivity contribution in [3.05, 3.63) is 53.6 Å². The van der Waals surface area contributed by atoms with E-state index in [4.69, 9.17) is 27.9 Å². The van der Waals surface area contributed by atoms with Crippen LogP contribution in [0.15, 0.2) is 43.5 Å². The molecule has 1 rings (SSSR count). The first-order chi connectivity index (χ1) is 7.50. The Kier molecular flexibility index (Phi) is 4.42. The van der Waals surface area contributed by atoms with Gasteiger partial charge in [0, 0.05) is 5.02 Å². The molecule has 0 saturated heterocycles. The number of rotatable bonds is 5. The molecule has 0 aliphatic carbocycles. The van der Waals surface area contributed by atoms with Gasteiger partial charge in [-0.2, -0.15) is 0 Å². The number of hydrogen-bond donors (Lipinski definition) is 1. The number of ether oxygens (including phenoxy) is 1. The molecule has 0 saturated carbocycles. The highest BCUT2D eigenvalue weighted by Crippen LogP contribution is 2.28. The van der Waals surface area contributed by atoms with Gasteiger partial charge in [0.15, 0.2) is 0 Å². The summed E-state index contributed by atoms with van der Waals surface area (Å²) in [5, 5.41) is 10.7. The second-order valence-corrected chi connectivity index (χ2v) is 4.11. The Balaban J connectivity index is 2.75. The molecule has 86 valence electrons. The smallest absolute Gasteiger partial charge is 0.138 e. The largest absolute Gasteiger partial charge is 0.488 e. The Morgan fingerprint density at radius 3 is 2.44 bits per heavy atom. The van der Waals surface area contributed by atoms with Gasteiger partial charge in [-0.15, -0.1) is 0 Å². The Hall–Kier alpha value is -0.960. The fourth-order valence-electron chi connectivity index (χ4n) is 0.987. The van der Waals surface area contributed by atoms with Crippen molar-refractivity contribution in [2.75, 3.05) is 6.61 Å². The van der Waals surface area contributed by atoms with Crippen LogP contribution in [0.25, 0.3) is 0 Å². The molecular formula is C12H12Cl2O2. The first-order valence-corrected chi connectivity index (χ1v) is 5.34. The molecule has 0 radical (unpaired) electrons. The van der Waals surface area contributed by atoms with Gasteiger partial charge in [0.25, 0.3) is 0 Å². The SMILES string of the molecule is C=CC(O)(C=C)COc1ccc(Cl)cc1Cl. The van der Waals surface area contributed by atoms with Crippen LogP contribution in [0.5, 0.6) is 5.75 Å². The van der Waals surface area contributed by atoms with Gasteiger partial charge < -0.3 is 9.84 Å². The van der Waals surface area contributed by atoms with E-state index in [-0.39, 0.29) is 6.61 Å². The van der Waals surface area contributed by atoms with Crippen LogP contribution in [0.4, 0.5) is 0 Å². The van der Waals surface area contributed by atoms with E-state index in [0.29, 0.717) is 15.8 Å². The molecule has 0 unspecified atom stereocenters. The van der Waals surface area contributed by atoms with E-state index in [1.807, 2.05) is 0 Å². The molecule has 0 spiro atoms. The van der Waals surface area contributed by atoms with Gasteiger partial charge in [-0.1, -0.05) is 48.5 Å². The summed E-state index contributed by atoms with van der Waals surface area (Å²) in [4.78, 5) is 0. The minimum Gasteiger partial charge on any atom is -0.488 e. The summed E-state index contributed by atoms with van der Waals surface area (Å²) in [6.07, 6.45) is 2.70. The van der Waals surface area contributed by atoms with Crippen molar-refractivity contribution < 1.29 is 9.84 Å². The summed E-state index contributed by atoms with van der Waals surface area (Å²) in [6, 6.07) is 4.86. The minimum absolute atomic E-state index is 0.00134. The lowest BCUT2D eigenvalue weighted by Crippen LogP contribution is -2.30. The van der Waals surface area contributed by atoms with Crippen LogP contribution in [0, 0.1) is 0 Å². The summed E-state index contributed by atoms with van der Waals surface area (Å²) >= 11 is 11.6. The Morgan fingerprint density at radius 1 is 1.31 bits per heavy atom.